The lowest BCUT2D eigenvalue weighted by Crippen LogP contribution is -2.26. The zero-order chi connectivity index (χ0) is 14.3. The van der Waals surface area contributed by atoms with Gasteiger partial charge in [0.25, 0.3) is 0 Å². The standard InChI is InChI=1S/C16H20BrClFN/c1-2-8-20-16(13-9-4-3-5-10(9)13)11-6-7-12(17)14(18)15(11)19/h6-7,9-10,13,16,20H,2-5,8H2,1H3. The summed E-state index contributed by atoms with van der Waals surface area (Å²) in [5.41, 5.74) is 0.742. The lowest BCUT2D eigenvalue weighted by molar-refractivity contribution is 0.404. The summed E-state index contributed by atoms with van der Waals surface area (Å²) in [5.74, 6) is 1.93. The van der Waals surface area contributed by atoms with Crippen LogP contribution in [-0.2, 0) is 0 Å². The Balaban J connectivity index is 1.87. The molecule has 0 bridgehead atoms. The molecule has 0 aromatic heterocycles. The highest BCUT2D eigenvalue weighted by Crippen LogP contribution is 2.62. The number of fused-ring (bicyclic) bond motifs is 1. The minimum absolute atomic E-state index is 0.121. The molecule has 0 heterocycles. The van der Waals surface area contributed by atoms with E-state index in [1.807, 2.05) is 12.1 Å². The third-order valence-electron chi connectivity index (χ3n) is 4.87. The molecule has 110 valence electrons. The second-order valence-electron chi connectivity index (χ2n) is 6.03. The molecule has 2 aliphatic rings. The van der Waals surface area contributed by atoms with Gasteiger partial charge in [0.05, 0.1) is 5.02 Å². The molecular formula is C16H20BrClFN. The van der Waals surface area contributed by atoms with Crippen molar-refractivity contribution in [2.45, 2.75) is 38.6 Å². The smallest absolute Gasteiger partial charge is 0.147 e. The summed E-state index contributed by atoms with van der Waals surface area (Å²) in [6, 6.07) is 3.86. The molecule has 1 nitrogen and oxygen atoms in total. The molecule has 2 saturated carbocycles. The van der Waals surface area contributed by atoms with Crippen molar-refractivity contribution in [3.63, 3.8) is 0 Å². The van der Waals surface area contributed by atoms with Gasteiger partial charge >= 0.3 is 0 Å². The summed E-state index contributed by atoms with van der Waals surface area (Å²) in [6.45, 7) is 3.07. The molecule has 0 spiro atoms. The van der Waals surface area contributed by atoms with Crippen LogP contribution in [0.1, 0.15) is 44.2 Å². The van der Waals surface area contributed by atoms with E-state index in [9.17, 15) is 4.39 Å². The highest BCUT2D eigenvalue weighted by Gasteiger charge is 2.56. The first-order chi connectivity index (χ1) is 9.65. The third kappa shape index (κ3) is 2.53. The average molecular weight is 361 g/mol. The molecule has 0 aliphatic heterocycles. The molecule has 1 aromatic carbocycles. The van der Waals surface area contributed by atoms with Gasteiger partial charge in [0.1, 0.15) is 5.82 Å². The Morgan fingerprint density at radius 3 is 2.75 bits per heavy atom. The van der Waals surface area contributed by atoms with Crippen LogP contribution in [0.15, 0.2) is 16.6 Å². The first-order valence-electron chi connectivity index (χ1n) is 7.52. The van der Waals surface area contributed by atoms with Gasteiger partial charge in [-0.15, -0.1) is 0 Å². The van der Waals surface area contributed by atoms with Crippen LogP contribution in [0.5, 0.6) is 0 Å². The minimum atomic E-state index is -0.264. The fourth-order valence-electron chi connectivity index (χ4n) is 3.91. The Hall–Kier alpha value is -0.120. The van der Waals surface area contributed by atoms with Gasteiger partial charge in [-0.2, -0.15) is 0 Å². The molecule has 1 aromatic rings. The topological polar surface area (TPSA) is 12.0 Å². The molecule has 0 amide bonds. The number of benzene rings is 1. The number of hydrogen-bond acceptors (Lipinski definition) is 1. The molecule has 0 saturated heterocycles. The van der Waals surface area contributed by atoms with E-state index in [0.29, 0.717) is 10.4 Å². The summed E-state index contributed by atoms with van der Waals surface area (Å²) in [5, 5.41) is 3.76. The first kappa shape index (κ1) is 14.8. The Kier molecular flexibility index (Phi) is 4.40. The fraction of sp³-hybridized carbons (Fsp3) is 0.625. The van der Waals surface area contributed by atoms with Crippen molar-refractivity contribution < 1.29 is 4.39 Å². The zero-order valence-electron chi connectivity index (χ0n) is 11.6. The number of hydrogen-bond donors (Lipinski definition) is 1. The third-order valence-corrected chi connectivity index (χ3v) is 6.13. The van der Waals surface area contributed by atoms with Crippen LogP contribution in [0.3, 0.4) is 0 Å². The van der Waals surface area contributed by atoms with Crippen LogP contribution in [0.4, 0.5) is 4.39 Å². The SMILES string of the molecule is CCCNC(c1ccc(Br)c(Cl)c1F)C1C2CCCC21. The van der Waals surface area contributed by atoms with E-state index < -0.39 is 0 Å². The number of nitrogens with one attached hydrogen (secondary N) is 1. The van der Waals surface area contributed by atoms with Gasteiger partial charge in [-0.05, 0) is 65.6 Å². The van der Waals surface area contributed by atoms with E-state index in [0.717, 1.165) is 30.4 Å². The first-order valence-corrected chi connectivity index (χ1v) is 8.69. The zero-order valence-corrected chi connectivity index (χ0v) is 14.0. The Morgan fingerprint density at radius 1 is 1.40 bits per heavy atom. The molecule has 1 N–H and O–H groups in total. The summed E-state index contributed by atoms with van der Waals surface area (Å²) in [6.07, 6.45) is 5.03. The van der Waals surface area contributed by atoms with E-state index in [-0.39, 0.29) is 16.9 Å². The Morgan fingerprint density at radius 2 is 2.10 bits per heavy atom. The molecular weight excluding hydrogens is 341 g/mol. The van der Waals surface area contributed by atoms with Crippen LogP contribution in [0.25, 0.3) is 0 Å². The molecule has 3 unspecified atom stereocenters. The predicted octanol–water partition coefficient (Wildman–Crippen LogP) is 5.33. The van der Waals surface area contributed by atoms with E-state index >= 15 is 0 Å². The van der Waals surface area contributed by atoms with Gasteiger partial charge in [0.2, 0.25) is 0 Å². The van der Waals surface area contributed by atoms with Crippen LogP contribution in [-0.4, -0.2) is 6.54 Å². The molecule has 20 heavy (non-hydrogen) atoms. The molecule has 0 radical (unpaired) electrons. The van der Waals surface area contributed by atoms with Gasteiger partial charge in [-0.25, -0.2) is 4.39 Å². The summed E-state index contributed by atoms with van der Waals surface area (Å²) >= 11 is 9.35. The van der Waals surface area contributed by atoms with Gasteiger partial charge < -0.3 is 5.32 Å². The Bertz CT molecular complexity index is 497. The van der Waals surface area contributed by atoms with E-state index in [2.05, 4.69) is 28.2 Å². The van der Waals surface area contributed by atoms with Crippen molar-refractivity contribution in [3.8, 4) is 0 Å². The highest BCUT2D eigenvalue weighted by molar-refractivity contribution is 9.10. The van der Waals surface area contributed by atoms with Crippen molar-refractivity contribution in [2.75, 3.05) is 6.54 Å². The van der Waals surface area contributed by atoms with Crippen LogP contribution >= 0.6 is 27.5 Å². The van der Waals surface area contributed by atoms with Crippen LogP contribution in [0.2, 0.25) is 5.02 Å². The second-order valence-corrected chi connectivity index (χ2v) is 7.26. The van der Waals surface area contributed by atoms with Crippen molar-refractivity contribution >= 4 is 27.5 Å². The van der Waals surface area contributed by atoms with E-state index in [1.54, 1.807) is 0 Å². The molecule has 3 atom stereocenters. The number of halogens is 3. The average Bonchev–Trinajstić information content (AvgIpc) is 2.91. The molecule has 2 fully saturated rings. The lowest BCUT2D eigenvalue weighted by atomic mass is 9.96. The van der Waals surface area contributed by atoms with Gasteiger partial charge in [0, 0.05) is 16.1 Å². The van der Waals surface area contributed by atoms with E-state index in [4.69, 9.17) is 11.6 Å². The quantitative estimate of drug-likeness (QED) is 0.700. The van der Waals surface area contributed by atoms with Gasteiger partial charge in [-0.1, -0.05) is 31.0 Å². The molecule has 4 heteroatoms. The van der Waals surface area contributed by atoms with Crippen molar-refractivity contribution in [3.05, 3.63) is 33.0 Å². The summed E-state index contributed by atoms with van der Waals surface area (Å²) in [4.78, 5) is 0. The van der Waals surface area contributed by atoms with Gasteiger partial charge in [-0.3, -0.25) is 0 Å². The summed E-state index contributed by atoms with van der Waals surface area (Å²) in [7, 11) is 0. The van der Waals surface area contributed by atoms with Crippen LogP contribution < -0.4 is 5.32 Å². The number of rotatable bonds is 5. The van der Waals surface area contributed by atoms with Crippen molar-refractivity contribution in [2.24, 2.45) is 17.8 Å². The van der Waals surface area contributed by atoms with Gasteiger partial charge in [0.15, 0.2) is 0 Å². The van der Waals surface area contributed by atoms with Crippen LogP contribution in [0, 0.1) is 23.6 Å². The maximum Gasteiger partial charge on any atom is 0.147 e. The summed E-state index contributed by atoms with van der Waals surface area (Å²) < 4.78 is 15.1. The Labute approximate surface area is 133 Å². The van der Waals surface area contributed by atoms with Crippen molar-refractivity contribution in [1.29, 1.82) is 0 Å². The second kappa shape index (κ2) is 5.94. The fourth-order valence-corrected chi connectivity index (χ4v) is 4.38. The predicted molar refractivity (Wildman–Crippen MR) is 84.5 cm³/mol. The van der Waals surface area contributed by atoms with Crippen molar-refractivity contribution in [1.82, 2.24) is 5.32 Å². The molecule has 2 aliphatic carbocycles. The molecule has 3 rings (SSSR count). The largest absolute Gasteiger partial charge is 0.310 e. The maximum absolute atomic E-state index is 14.5. The van der Waals surface area contributed by atoms with E-state index in [1.165, 1.54) is 19.3 Å². The maximum atomic E-state index is 14.5. The minimum Gasteiger partial charge on any atom is -0.310 e. The monoisotopic (exact) mass is 359 g/mol. The highest BCUT2D eigenvalue weighted by atomic mass is 79.9. The normalized spacial score (nSPS) is 29.3. The lowest BCUT2D eigenvalue weighted by Gasteiger charge is -2.22.